The van der Waals surface area contributed by atoms with Crippen LogP contribution in [0.5, 0.6) is 0 Å². The van der Waals surface area contributed by atoms with Gasteiger partial charge in [0.05, 0.1) is 0 Å². The van der Waals surface area contributed by atoms with E-state index in [4.69, 9.17) is 0 Å². The van der Waals surface area contributed by atoms with Gasteiger partial charge in [-0.25, -0.2) is 0 Å². The van der Waals surface area contributed by atoms with Crippen LogP contribution in [0.25, 0.3) is 0 Å². The molecule has 0 saturated heterocycles. The zero-order chi connectivity index (χ0) is 9.40. The van der Waals surface area contributed by atoms with E-state index in [1.54, 1.807) is 0 Å². The van der Waals surface area contributed by atoms with Crippen LogP contribution in [-0.4, -0.2) is 0 Å². The summed E-state index contributed by atoms with van der Waals surface area (Å²) < 4.78 is 0. The minimum absolute atomic E-state index is 0.734. The summed E-state index contributed by atoms with van der Waals surface area (Å²) in [5, 5.41) is 0. The molecule has 12 heavy (non-hydrogen) atoms. The largest absolute Gasteiger partial charge is 0.0877 e. The fourth-order valence-electron chi connectivity index (χ4n) is 1.10. The van der Waals surface area contributed by atoms with Crippen molar-refractivity contribution in [1.29, 1.82) is 0 Å². The topological polar surface area (TPSA) is 0 Å². The molecule has 0 atom stereocenters. The highest BCUT2D eigenvalue weighted by Gasteiger charge is 1.95. The number of hydrogen-bond donors (Lipinski definition) is 0. The van der Waals surface area contributed by atoms with Crippen molar-refractivity contribution in [3.05, 3.63) is 36.0 Å². The molecule has 0 heteroatoms. The molecular weight excluding hydrogens is 144 g/mol. The predicted molar refractivity (Wildman–Crippen MR) is 57.2 cm³/mol. The molecule has 0 spiro atoms. The molecule has 0 unspecified atom stereocenters. The van der Waals surface area contributed by atoms with Crippen molar-refractivity contribution in [2.24, 2.45) is 5.92 Å². The van der Waals surface area contributed by atoms with Crippen LogP contribution in [0.4, 0.5) is 0 Å². The minimum atomic E-state index is 0.734. The van der Waals surface area contributed by atoms with Gasteiger partial charge in [0.1, 0.15) is 0 Å². The highest BCUT2D eigenvalue weighted by Crippen LogP contribution is 2.11. The molecule has 0 N–H and O–H groups in total. The lowest BCUT2D eigenvalue weighted by molar-refractivity contribution is 0.650. The summed E-state index contributed by atoms with van der Waals surface area (Å²) in [6, 6.07) is 0. The zero-order valence-corrected chi connectivity index (χ0v) is 8.67. The van der Waals surface area contributed by atoms with Crippen molar-refractivity contribution in [3.8, 4) is 0 Å². The van der Waals surface area contributed by atoms with Crippen LogP contribution in [0, 0.1) is 5.92 Å². The van der Waals surface area contributed by atoms with Crippen LogP contribution in [0.3, 0.4) is 0 Å². The van der Waals surface area contributed by atoms with E-state index in [9.17, 15) is 0 Å². The van der Waals surface area contributed by atoms with E-state index < -0.39 is 0 Å². The molecule has 0 aliphatic heterocycles. The number of hydrogen-bond acceptors (Lipinski definition) is 0. The van der Waals surface area contributed by atoms with Gasteiger partial charge in [-0.1, -0.05) is 44.2 Å². The van der Waals surface area contributed by atoms with Gasteiger partial charge in [-0.2, -0.15) is 0 Å². The van der Waals surface area contributed by atoms with Crippen LogP contribution < -0.4 is 0 Å². The Kier molecular flexibility index (Phi) is 6.45. The van der Waals surface area contributed by atoms with Crippen LogP contribution >= 0.6 is 0 Å². The van der Waals surface area contributed by atoms with E-state index in [1.807, 2.05) is 6.92 Å². The van der Waals surface area contributed by atoms with E-state index in [0.717, 1.165) is 12.3 Å². The van der Waals surface area contributed by atoms with E-state index in [2.05, 4.69) is 51.2 Å². The van der Waals surface area contributed by atoms with Gasteiger partial charge < -0.3 is 0 Å². The van der Waals surface area contributed by atoms with Crippen LogP contribution in [0.15, 0.2) is 36.0 Å². The summed E-state index contributed by atoms with van der Waals surface area (Å²) in [7, 11) is 0. The van der Waals surface area contributed by atoms with Crippen LogP contribution in [0.2, 0.25) is 0 Å². The normalized spacial score (nSPS) is 13.9. The second kappa shape index (κ2) is 6.90. The van der Waals surface area contributed by atoms with Gasteiger partial charge in [0, 0.05) is 0 Å². The molecule has 0 aliphatic carbocycles. The van der Waals surface area contributed by atoms with Gasteiger partial charge in [-0.05, 0) is 31.8 Å². The van der Waals surface area contributed by atoms with Crippen molar-refractivity contribution in [2.75, 3.05) is 0 Å². The quantitative estimate of drug-likeness (QED) is 0.548. The molecule has 0 bridgehead atoms. The Morgan fingerprint density at radius 2 is 1.83 bits per heavy atom. The summed E-state index contributed by atoms with van der Waals surface area (Å²) >= 11 is 0. The van der Waals surface area contributed by atoms with E-state index in [0.29, 0.717) is 0 Å². The monoisotopic (exact) mass is 164 g/mol. The zero-order valence-electron chi connectivity index (χ0n) is 8.67. The fraction of sp³-hybridized carbons (Fsp3) is 0.500. The van der Waals surface area contributed by atoms with Gasteiger partial charge in [-0.3, -0.25) is 0 Å². The van der Waals surface area contributed by atoms with Crippen molar-refractivity contribution in [3.63, 3.8) is 0 Å². The number of allylic oxidation sites excluding steroid dienone is 6. The second-order valence-electron chi connectivity index (χ2n) is 3.37. The molecule has 0 fully saturated rings. The summed E-state index contributed by atoms with van der Waals surface area (Å²) in [6.07, 6.45) is 11.8. The van der Waals surface area contributed by atoms with Gasteiger partial charge in [0.25, 0.3) is 0 Å². The first-order valence-corrected chi connectivity index (χ1v) is 4.65. The fourth-order valence-corrected chi connectivity index (χ4v) is 1.10. The lowest BCUT2D eigenvalue weighted by Gasteiger charge is -2.04. The first kappa shape index (κ1) is 11.2. The summed E-state index contributed by atoms with van der Waals surface area (Å²) in [5.41, 5.74) is 1.41. The Morgan fingerprint density at radius 1 is 1.17 bits per heavy atom. The third-order valence-corrected chi connectivity index (χ3v) is 1.53. The predicted octanol–water partition coefficient (Wildman–Crippen LogP) is 4.11. The molecule has 0 saturated carbocycles. The molecule has 0 radical (unpaired) electrons. The smallest absolute Gasteiger partial charge is 0.0256 e. The standard InChI is InChI=1S/C12H20/c1-5-7-9-12(8-6-2)10-11(3)4/h5-9,11H,10H2,1-4H3/b7-5+,8-6-,12-9+. The van der Waals surface area contributed by atoms with Crippen molar-refractivity contribution in [2.45, 2.75) is 34.1 Å². The molecule has 0 amide bonds. The lowest BCUT2D eigenvalue weighted by Crippen LogP contribution is -1.88. The average molecular weight is 164 g/mol. The van der Waals surface area contributed by atoms with Gasteiger partial charge in [0.2, 0.25) is 0 Å². The highest BCUT2D eigenvalue weighted by atomic mass is 14.0. The molecule has 0 aliphatic rings. The SMILES string of the molecule is C\C=C/C(=C\C=C\C)CC(C)C. The Balaban J connectivity index is 4.22. The minimum Gasteiger partial charge on any atom is -0.0877 e. The second-order valence-corrected chi connectivity index (χ2v) is 3.37. The third-order valence-electron chi connectivity index (χ3n) is 1.53. The molecule has 0 nitrogen and oxygen atoms in total. The average Bonchev–Trinajstić information content (AvgIpc) is 2.00. The Hall–Kier alpha value is -0.780. The molecule has 68 valence electrons. The maximum atomic E-state index is 2.24. The Morgan fingerprint density at radius 3 is 2.25 bits per heavy atom. The third kappa shape index (κ3) is 5.96. The molecule has 0 aromatic heterocycles. The Bertz CT molecular complexity index is 180. The number of rotatable bonds is 4. The first-order valence-electron chi connectivity index (χ1n) is 4.65. The maximum Gasteiger partial charge on any atom is -0.0256 e. The highest BCUT2D eigenvalue weighted by molar-refractivity contribution is 5.23. The molecule has 0 heterocycles. The molecule has 0 aromatic rings. The van der Waals surface area contributed by atoms with Crippen molar-refractivity contribution < 1.29 is 0 Å². The van der Waals surface area contributed by atoms with Crippen molar-refractivity contribution >= 4 is 0 Å². The van der Waals surface area contributed by atoms with Gasteiger partial charge >= 0.3 is 0 Å². The van der Waals surface area contributed by atoms with Crippen LogP contribution in [-0.2, 0) is 0 Å². The summed E-state index contributed by atoms with van der Waals surface area (Å²) in [4.78, 5) is 0. The molecule has 0 aromatic carbocycles. The van der Waals surface area contributed by atoms with E-state index in [-0.39, 0.29) is 0 Å². The van der Waals surface area contributed by atoms with Gasteiger partial charge in [-0.15, -0.1) is 0 Å². The Labute approximate surface area is 76.7 Å². The maximum absolute atomic E-state index is 2.24. The van der Waals surface area contributed by atoms with Gasteiger partial charge in [0.15, 0.2) is 0 Å². The molecular formula is C12H20. The van der Waals surface area contributed by atoms with E-state index >= 15 is 0 Å². The van der Waals surface area contributed by atoms with E-state index in [1.165, 1.54) is 5.57 Å². The lowest BCUT2D eigenvalue weighted by atomic mass is 10.0. The summed E-state index contributed by atoms with van der Waals surface area (Å²) in [5.74, 6) is 0.734. The first-order chi connectivity index (χ1) is 5.70. The molecule has 0 rings (SSSR count). The van der Waals surface area contributed by atoms with Crippen molar-refractivity contribution in [1.82, 2.24) is 0 Å². The summed E-state index contributed by atoms with van der Waals surface area (Å²) in [6.45, 7) is 8.59. The van der Waals surface area contributed by atoms with Crippen LogP contribution in [0.1, 0.15) is 34.1 Å².